The molecule has 0 aliphatic carbocycles. The van der Waals surface area contributed by atoms with Crippen LogP contribution < -0.4 is 11.1 Å². The minimum absolute atomic E-state index is 0.253. The van der Waals surface area contributed by atoms with Gasteiger partial charge in [-0.05, 0) is 24.1 Å². The minimum atomic E-state index is 0.253. The molecule has 1 heterocycles. The highest BCUT2D eigenvalue weighted by molar-refractivity contribution is 7.80. The molecule has 0 radical (unpaired) electrons. The summed E-state index contributed by atoms with van der Waals surface area (Å²) in [6, 6.07) is 8.30. The van der Waals surface area contributed by atoms with Gasteiger partial charge in [-0.25, -0.2) is 9.97 Å². The van der Waals surface area contributed by atoms with Crippen molar-refractivity contribution in [2.75, 3.05) is 5.32 Å². The standard InChI is InChI=1S/C14H16N4S/c1-2-3-10-4-6-11(7-5-10)18-13-9-16-12(8-17-13)14(15)19/h4-9H,2-3H2,1H3,(H2,15,19)(H,17,18). The van der Waals surface area contributed by atoms with E-state index >= 15 is 0 Å². The molecule has 0 atom stereocenters. The van der Waals surface area contributed by atoms with Gasteiger partial charge < -0.3 is 11.1 Å². The number of hydrogen-bond acceptors (Lipinski definition) is 4. The van der Waals surface area contributed by atoms with Gasteiger partial charge in [-0.2, -0.15) is 0 Å². The maximum absolute atomic E-state index is 5.47. The summed E-state index contributed by atoms with van der Waals surface area (Å²) in [7, 11) is 0. The number of anilines is 2. The third-order valence-electron chi connectivity index (χ3n) is 2.67. The number of benzene rings is 1. The second-order valence-corrected chi connectivity index (χ2v) is 4.66. The highest BCUT2D eigenvalue weighted by atomic mass is 32.1. The molecular weight excluding hydrogens is 256 g/mol. The highest BCUT2D eigenvalue weighted by Crippen LogP contribution is 2.15. The molecular formula is C14H16N4S. The fourth-order valence-electron chi connectivity index (χ4n) is 1.71. The van der Waals surface area contributed by atoms with Gasteiger partial charge in [-0.1, -0.05) is 37.7 Å². The van der Waals surface area contributed by atoms with E-state index in [1.165, 1.54) is 5.56 Å². The van der Waals surface area contributed by atoms with Crippen molar-refractivity contribution in [2.45, 2.75) is 19.8 Å². The van der Waals surface area contributed by atoms with Crippen LogP contribution in [0.15, 0.2) is 36.7 Å². The molecule has 1 aromatic carbocycles. The topological polar surface area (TPSA) is 63.8 Å². The summed E-state index contributed by atoms with van der Waals surface area (Å²) in [5.41, 5.74) is 8.32. The Balaban J connectivity index is 2.06. The molecule has 0 saturated carbocycles. The van der Waals surface area contributed by atoms with E-state index in [0.717, 1.165) is 18.5 Å². The van der Waals surface area contributed by atoms with Crippen LogP contribution in [0.2, 0.25) is 0 Å². The predicted molar refractivity (Wildman–Crippen MR) is 81.6 cm³/mol. The Morgan fingerprint density at radius 2 is 1.95 bits per heavy atom. The average molecular weight is 272 g/mol. The van der Waals surface area contributed by atoms with Gasteiger partial charge in [0.05, 0.1) is 12.4 Å². The van der Waals surface area contributed by atoms with Crippen molar-refractivity contribution in [2.24, 2.45) is 5.73 Å². The number of nitrogens with one attached hydrogen (secondary N) is 1. The van der Waals surface area contributed by atoms with Gasteiger partial charge in [-0.3, -0.25) is 0 Å². The number of nitrogens with zero attached hydrogens (tertiary/aromatic N) is 2. The summed E-state index contributed by atoms with van der Waals surface area (Å²) in [6.45, 7) is 2.17. The lowest BCUT2D eigenvalue weighted by Gasteiger charge is -2.06. The second-order valence-electron chi connectivity index (χ2n) is 4.22. The van der Waals surface area contributed by atoms with Crippen molar-refractivity contribution in [1.29, 1.82) is 0 Å². The monoisotopic (exact) mass is 272 g/mol. The maximum atomic E-state index is 5.47. The number of rotatable bonds is 5. The van der Waals surface area contributed by atoms with Gasteiger partial charge in [-0.15, -0.1) is 0 Å². The minimum Gasteiger partial charge on any atom is -0.388 e. The lowest BCUT2D eigenvalue weighted by Crippen LogP contribution is -2.12. The van der Waals surface area contributed by atoms with Gasteiger partial charge in [0, 0.05) is 5.69 Å². The van der Waals surface area contributed by atoms with Crippen LogP contribution in [0.3, 0.4) is 0 Å². The molecule has 19 heavy (non-hydrogen) atoms. The van der Waals surface area contributed by atoms with Gasteiger partial charge >= 0.3 is 0 Å². The molecule has 0 aliphatic heterocycles. The summed E-state index contributed by atoms with van der Waals surface area (Å²) in [6.07, 6.45) is 5.44. The molecule has 3 N–H and O–H groups in total. The lowest BCUT2D eigenvalue weighted by atomic mass is 10.1. The third kappa shape index (κ3) is 3.72. The first-order chi connectivity index (χ1) is 9.19. The second kappa shape index (κ2) is 6.24. The zero-order valence-corrected chi connectivity index (χ0v) is 11.6. The van der Waals surface area contributed by atoms with E-state index in [1.54, 1.807) is 12.4 Å². The van der Waals surface area contributed by atoms with Crippen LogP contribution >= 0.6 is 12.2 Å². The third-order valence-corrected chi connectivity index (χ3v) is 2.88. The van der Waals surface area contributed by atoms with Crippen molar-refractivity contribution in [3.05, 3.63) is 47.9 Å². The Morgan fingerprint density at radius 3 is 2.47 bits per heavy atom. The number of aromatic nitrogens is 2. The van der Waals surface area contributed by atoms with Crippen LogP contribution in [0, 0.1) is 0 Å². The molecule has 0 bridgehead atoms. The van der Waals surface area contributed by atoms with Crippen LogP contribution in [0.1, 0.15) is 24.6 Å². The Bertz CT molecular complexity index is 549. The molecule has 2 rings (SSSR count). The largest absolute Gasteiger partial charge is 0.388 e. The van der Waals surface area contributed by atoms with Crippen LogP contribution in [0.5, 0.6) is 0 Å². The first-order valence-corrected chi connectivity index (χ1v) is 6.57. The summed E-state index contributed by atoms with van der Waals surface area (Å²) >= 11 is 4.83. The zero-order valence-electron chi connectivity index (χ0n) is 10.8. The van der Waals surface area contributed by atoms with Gasteiger partial charge in [0.1, 0.15) is 16.5 Å². The molecule has 0 unspecified atom stereocenters. The fraction of sp³-hybridized carbons (Fsp3) is 0.214. The van der Waals surface area contributed by atoms with Crippen molar-refractivity contribution < 1.29 is 0 Å². The molecule has 2 aromatic rings. The van der Waals surface area contributed by atoms with Gasteiger partial charge in [0.15, 0.2) is 0 Å². The number of thiocarbonyl (C=S) groups is 1. The molecule has 4 nitrogen and oxygen atoms in total. The SMILES string of the molecule is CCCc1ccc(Nc2cnc(C(N)=S)cn2)cc1. The molecule has 0 aliphatic rings. The number of aryl methyl sites for hydroxylation is 1. The summed E-state index contributed by atoms with van der Waals surface area (Å²) in [4.78, 5) is 8.60. The average Bonchev–Trinajstić information content (AvgIpc) is 2.42. The van der Waals surface area contributed by atoms with Crippen molar-refractivity contribution in [3.8, 4) is 0 Å². The molecule has 1 aromatic heterocycles. The quantitative estimate of drug-likeness (QED) is 0.819. The molecule has 0 amide bonds. The van der Waals surface area contributed by atoms with E-state index in [4.69, 9.17) is 18.0 Å². The number of nitrogens with two attached hydrogens (primary N) is 1. The van der Waals surface area contributed by atoms with Crippen LogP contribution in [-0.2, 0) is 6.42 Å². The summed E-state index contributed by atoms with van der Waals surface area (Å²) in [5.74, 6) is 0.670. The lowest BCUT2D eigenvalue weighted by molar-refractivity contribution is 0.922. The van der Waals surface area contributed by atoms with E-state index in [2.05, 4.69) is 34.3 Å². The van der Waals surface area contributed by atoms with E-state index in [-0.39, 0.29) is 4.99 Å². The Kier molecular flexibility index (Phi) is 4.41. The predicted octanol–water partition coefficient (Wildman–Crippen LogP) is 2.81. The molecule has 0 spiro atoms. The molecule has 0 fully saturated rings. The van der Waals surface area contributed by atoms with E-state index in [0.29, 0.717) is 11.5 Å². The van der Waals surface area contributed by atoms with Crippen LogP contribution in [-0.4, -0.2) is 15.0 Å². The van der Waals surface area contributed by atoms with E-state index in [1.807, 2.05) is 12.1 Å². The Hall–Kier alpha value is -2.01. The Morgan fingerprint density at radius 1 is 1.21 bits per heavy atom. The van der Waals surface area contributed by atoms with Crippen LogP contribution in [0.4, 0.5) is 11.5 Å². The first-order valence-electron chi connectivity index (χ1n) is 6.17. The smallest absolute Gasteiger partial charge is 0.148 e. The van der Waals surface area contributed by atoms with Crippen LogP contribution in [0.25, 0.3) is 0 Å². The molecule has 98 valence electrons. The van der Waals surface area contributed by atoms with Gasteiger partial charge in [0.2, 0.25) is 0 Å². The molecule has 5 heteroatoms. The molecule has 0 saturated heterocycles. The fourth-order valence-corrected chi connectivity index (χ4v) is 1.82. The van der Waals surface area contributed by atoms with Crippen molar-refractivity contribution in [3.63, 3.8) is 0 Å². The van der Waals surface area contributed by atoms with E-state index < -0.39 is 0 Å². The van der Waals surface area contributed by atoms with Crippen molar-refractivity contribution >= 4 is 28.7 Å². The first kappa shape index (κ1) is 13.4. The highest BCUT2D eigenvalue weighted by Gasteiger charge is 2.00. The Labute approximate surface area is 118 Å². The zero-order chi connectivity index (χ0) is 13.7. The summed E-state index contributed by atoms with van der Waals surface area (Å²) in [5, 5.41) is 3.18. The van der Waals surface area contributed by atoms with Crippen molar-refractivity contribution in [1.82, 2.24) is 9.97 Å². The summed E-state index contributed by atoms with van der Waals surface area (Å²) < 4.78 is 0. The number of hydrogen-bond donors (Lipinski definition) is 2. The van der Waals surface area contributed by atoms with Gasteiger partial charge in [0.25, 0.3) is 0 Å². The van der Waals surface area contributed by atoms with E-state index in [9.17, 15) is 0 Å². The normalized spacial score (nSPS) is 10.2. The maximum Gasteiger partial charge on any atom is 0.148 e.